The number of amides is 2. The fourth-order valence-corrected chi connectivity index (χ4v) is 3.63. The molecule has 1 aromatic rings. The van der Waals surface area contributed by atoms with Crippen molar-refractivity contribution in [2.24, 2.45) is 0 Å². The molecule has 136 valence electrons. The van der Waals surface area contributed by atoms with Crippen molar-refractivity contribution >= 4 is 45.2 Å². The summed E-state index contributed by atoms with van der Waals surface area (Å²) >= 11 is 9.72. The van der Waals surface area contributed by atoms with Gasteiger partial charge in [0, 0.05) is 30.7 Å². The van der Waals surface area contributed by atoms with E-state index in [9.17, 15) is 9.59 Å². The lowest BCUT2D eigenvalue weighted by atomic mass is 10.1. The molecular formula is C17H21BrClN3O3. The predicted molar refractivity (Wildman–Crippen MR) is 100 cm³/mol. The molecule has 1 aromatic carbocycles. The number of halogens is 2. The van der Waals surface area contributed by atoms with Gasteiger partial charge in [0.2, 0.25) is 0 Å². The molecule has 2 aliphatic heterocycles. The lowest BCUT2D eigenvalue weighted by Gasteiger charge is -2.40. The maximum absolute atomic E-state index is 12.9. The van der Waals surface area contributed by atoms with Gasteiger partial charge in [-0.1, -0.05) is 11.6 Å². The number of fused-ring (bicyclic) bond motifs is 2. The molecule has 1 N–H and O–H groups in total. The first kappa shape index (κ1) is 18.3. The number of hydrogen-bond acceptors (Lipinski definition) is 4. The minimum atomic E-state index is -0.540. The number of ether oxygens (including phenoxy) is 1. The number of hydrogen-bond donors (Lipinski definition) is 1. The Morgan fingerprint density at radius 2 is 2.08 bits per heavy atom. The molecule has 2 heterocycles. The van der Waals surface area contributed by atoms with E-state index >= 15 is 0 Å². The molecule has 1 saturated heterocycles. The maximum Gasteiger partial charge on any atom is 0.410 e. The third kappa shape index (κ3) is 3.72. The van der Waals surface area contributed by atoms with Crippen LogP contribution in [0.2, 0.25) is 5.02 Å². The number of nitrogens with one attached hydrogen (secondary N) is 1. The normalized spacial score (nSPS) is 20.4. The summed E-state index contributed by atoms with van der Waals surface area (Å²) < 4.78 is 6.19. The summed E-state index contributed by atoms with van der Waals surface area (Å²) in [5.74, 6) is -0.0664. The Labute approximate surface area is 160 Å². The summed E-state index contributed by atoms with van der Waals surface area (Å²) in [6, 6.07) is 3.41. The van der Waals surface area contributed by atoms with Crippen molar-refractivity contribution in [2.45, 2.75) is 32.4 Å². The summed E-state index contributed by atoms with van der Waals surface area (Å²) in [4.78, 5) is 28.7. The highest BCUT2D eigenvalue weighted by Gasteiger charge is 2.37. The Hall–Kier alpha value is -1.47. The molecule has 2 amide bonds. The fraction of sp³-hybridized carbons (Fsp3) is 0.529. The smallest absolute Gasteiger partial charge is 0.410 e. The molecule has 0 aromatic heterocycles. The Morgan fingerprint density at radius 3 is 2.76 bits per heavy atom. The zero-order valence-electron chi connectivity index (χ0n) is 14.4. The van der Waals surface area contributed by atoms with E-state index in [2.05, 4.69) is 21.2 Å². The van der Waals surface area contributed by atoms with E-state index in [-0.39, 0.29) is 18.0 Å². The van der Waals surface area contributed by atoms with E-state index in [0.29, 0.717) is 42.5 Å². The van der Waals surface area contributed by atoms with Gasteiger partial charge >= 0.3 is 6.09 Å². The van der Waals surface area contributed by atoms with Gasteiger partial charge in [-0.2, -0.15) is 0 Å². The topological polar surface area (TPSA) is 61.9 Å². The van der Waals surface area contributed by atoms with Crippen LogP contribution < -0.4 is 5.32 Å². The third-order valence-corrected chi connectivity index (χ3v) is 5.52. The fourth-order valence-electron chi connectivity index (χ4n) is 3.07. The van der Waals surface area contributed by atoms with Crippen molar-refractivity contribution in [2.75, 3.05) is 31.5 Å². The molecule has 1 atom stereocenters. The molecule has 1 fully saturated rings. The Balaban J connectivity index is 1.80. The molecule has 0 spiro atoms. The van der Waals surface area contributed by atoms with Crippen molar-refractivity contribution in [1.82, 2.24) is 9.80 Å². The van der Waals surface area contributed by atoms with Crippen LogP contribution >= 0.6 is 27.5 Å². The van der Waals surface area contributed by atoms with Crippen molar-refractivity contribution in [3.05, 3.63) is 27.2 Å². The summed E-state index contributed by atoms with van der Waals surface area (Å²) in [5, 5.41) is 3.76. The number of carbonyl (C=O) groups excluding carboxylic acids is 2. The predicted octanol–water partition coefficient (Wildman–Crippen LogP) is 3.59. The summed E-state index contributed by atoms with van der Waals surface area (Å²) in [6.45, 7) is 7.40. The first-order valence-corrected chi connectivity index (χ1v) is 9.35. The molecular weight excluding hydrogens is 410 g/mol. The molecule has 3 rings (SSSR count). The largest absolute Gasteiger partial charge is 0.444 e. The molecule has 25 heavy (non-hydrogen) atoms. The number of piperazine rings is 1. The molecule has 0 bridgehead atoms. The van der Waals surface area contributed by atoms with Crippen LogP contribution in [0.5, 0.6) is 0 Å². The van der Waals surface area contributed by atoms with Crippen LogP contribution in [0.1, 0.15) is 31.1 Å². The SMILES string of the molecule is CC(C)(C)OC(=O)N1CCN2C(=O)c3ccc(Br)c(Cl)c3NC[C@H]2C1. The summed E-state index contributed by atoms with van der Waals surface area (Å²) in [5.41, 5.74) is 0.655. The van der Waals surface area contributed by atoms with E-state index in [1.165, 1.54) is 0 Å². The third-order valence-electron chi connectivity index (χ3n) is 4.23. The van der Waals surface area contributed by atoms with Crippen LogP contribution in [0.3, 0.4) is 0 Å². The monoisotopic (exact) mass is 429 g/mol. The Bertz CT molecular complexity index is 720. The average molecular weight is 431 g/mol. The molecule has 0 aliphatic carbocycles. The van der Waals surface area contributed by atoms with E-state index < -0.39 is 5.60 Å². The van der Waals surface area contributed by atoms with Crippen molar-refractivity contribution < 1.29 is 14.3 Å². The average Bonchev–Trinajstić information content (AvgIpc) is 2.67. The second-order valence-electron chi connectivity index (χ2n) is 7.24. The maximum atomic E-state index is 12.9. The first-order valence-electron chi connectivity index (χ1n) is 8.18. The highest BCUT2D eigenvalue weighted by molar-refractivity contribution is 9.10. The lowest BCUT2D eigenvalue weighted by molar-refractivity contribution is 0.00599. The minimum absolute atomic E-state index is 0.0664. The number of nitrogens with zero attached hydrogens (tertiary/aromatic N) is 2. The number of rotatable bonds is 0. The molecule has 8 heteroatoms. The van der Waals surface area contributed by atoms with Crippen LogP contribution in [0.25, 0.3) is 0 Å². The van der Waals surface area contributed by atoms with E-state index in [1.54, 1.807) is 17.0 Å². The Kier molecular flexibility index (Phi) is 4.90. The zero-order valence-corrected chi connectivity index (χ0v) is 16.8. The zero-order chi connectivity index (χ0) is 18.4. The van der Waals surface area contributed by atoms with Crippen molar-refractivity contribution in [3.63, 3.8) is 0 Å². The van der Waals surface area contributed by atoms with Crippen LogP contribution in [0.15, 0.2) is 16.6 Å². The second kappa shape index (κ2) is 6.68. The van der Waals surface area contributed by atoms with Gasteiger partial charge in [0.05, 0.1) is 22.3 Å². The lowest BCUT2D eigenvalue weighted by Crippen LogP contribution is -2.58. The quantitative estimate of drug-likeness (QED) is 0.683. The molecule has 0 radical (unpaired) electrons. The van der Waals surface area contributed by atoms with Crippen molar-refractivity contribution in [1.29, 1.82) is 0 Å². The number of carbonyl (C=O) groups is 2. The van der Waals surface area contributed by atoms with Gasteiger partial charge in [-0.3, -0.25) is 4.79 Å². The molecule has 0 saturated carbocycles. The highest BCUT2D eigenvalue weighted by atomic mass is 79.9. The van der Waals surface area contributed by atoms with Gasteiger partial charge in [0.15, 0.2) is 0 Å². The van der Waals surface area contributed by atoms with Gasteiger partial charge in [-0.25, -0.2) is 4.79 Å². The van der Waals surface area contributed by atoms with Gasteiger partial charge in [-0.15, -0.1) is 0 Å². The van der Waals surface area contributed by atoms with E-state index in [0.717, 1.165) is 4.47 Å². The van der Waals surface area contributed by atoms with Crippen LogP contribution in [0, 0.1) is 0 Å². The van der Waals surface area contributed by atoms with E-state index in [4.69, 9.17) is 16.3 Å². The molecule has 0 unspecified atom stereocenters. The molecule has 2 aliphatic rings. The van der Waals surface area contributed by atoms with Gasteiger partial charge in [0.1, 0.15) is 5.60 Å². The van der Waals surface area contributed by atoms with Crippen molar-refractivity contribution in [3.8, 4) is 0 Å². The van der Waals surface area contributed by atoms with E-state index in [1.807, 2.05) is 25.7 Å². The second-order valence-corrected chi connectivity index (χ2v) is 8.48. The van der Waals surface area contributed by atoms with Gasteiger partial charge in [0.25, 0.3) is 5.91 Å². The summed E-state index contributed by atoms with van der Waals surface area (Å²) in [6.07, 6.45) is -0.345. The van der Waals surface area contributed by atoms with Crippen LogP contribution in [-0.2, 0) is 4.74 Å². The first-order chi connectivity index (χ1) is 11.7. The number of anilines is 1. The standard InChI is InChI=1S/C17H21BrClN3O3/c1-17(2,3)25-16(24)21-6-7-22-10(9-21)8-20-14-11(15(22)23)4-5-12(18)13(14)19/h4-5,10,20H,6-9H2,1-3H3/t10-/m0/s1. The number of benzene rings is 1. The Morgan fingerprint density at radius 1 is 1.36 bits per heavy atom. The minimum Gasteiger partial charge on any atom is -0.444 e. The summed E-state index contributed by atoms with van der Waals surface area (Å²) in [7, 11) is 0. The van der Waals surface area contributed by atoms with Crippen LogP contribution in [0.4, 0.5) is 10.5 Å². The molecule has 6 nitrogen and oxygen atoms in total. The van der Waals surface area contributed by atoms with Gasteiger partial charge in [-0.05, 0) is 48.8 Å². The van der Waals surface area contributed by atoms with Crippen LogP contribution in [-0.4, -0.2) is 59.6 Å². The van der Waals surface area contributed by atoms with Gasteiger partial charge < -0.3 is 19.9 Å². The highest BCUT2D eigenvalue weighted by Crippen LogP contribution is 2.36.